The van der Waals surface area contributed by atoms with Gasteiger partial charge in [0.25, 0.3) is 0 Å². The van der Waals surface area contributed by atoms with E-state index in [1.54, 1.807) is 0 Å². The second-order valence-electron chi connectivity index (χ2n) is 5.83. The SMILES string of the molecule is FC(F)(F)c1ccc(Cl)c(C(c2ccsc2)N2CCCNCC2)c1. The van der Waals surface area contributed by atoms with Crippen molar-refractivity contribution in [2.75, 3.05) is 26.2 Å². The number of rotatable bonds is 3. The van der Waals surface area contributed by atoms with Crippen molar-refractivity contribution in [3.05, 3.63) is 56.7 Å². The maximum Gasteiger partial charge on any atom is 0.416 e. The van der Waals surface area contributed by atoms with E-state index in [9.17, 15) is 13.2 Å². The molecule has 0 aliphatic carbocycles. The van der Waals surface area contributed by atoms with Crippen LogP contribution in [0.1, 0.15) is 29.2 Å². The zero-order valence-electron chi connectivity index (χ0n) is 12.9. The van der Waals surface area contributed by atoms with E-state index in [2.05, 4.69) is 10.2 Å². The number of alkyl halides is 3. The molecule has 1 atom stereocenters. The van der Waals surface area contributed by atoms with E-state index in [0.29, 0.717) is 10.6 Å². The molecule has 1 aliphatic rings. The van der Waals surface area contributed by atoms with Crippen molar-refractivity contribution in [3.8, 4) is 0 Å². The van der Waals surface area contributed by atoms with Gasteiger partial charge in [-0.3, -0.25) is 4.90 Å². The van der Waals surface area contributed by atoms with Crippen molar-refractivity contribution in [2.24, 2.45) is 0 Å². The van der Waals surface area contributed by atoms with E-state index in [0.717, 1.165) is 44.2 Å². The number of thiophene rings is 1. The fourth-order valence-corrected chi connectivity index (χ4v) is 3.97. The average Bonchev–Trinajstić information content (AvgIpc) is 2.91. The molecule has 2 aromatic rings. The van der Waals surface area contributed by atoms with E-state index in [-0.39, 0.29) is 6.04 Å². The molecule has 1 aromatic carbocycles. The quantitative estimate of drug-likeness (QED) is 0.829. The Labute approximate surface area is 148 Å². The fourth-order valence-electron chi connectivity index (χ4n) is 3.07. The molecule has 1 N–H and O–H groups in total. The van der Waals surface area contributed by atoms with E-state index in [4.69, 9.17) is 11.6 Å². The topological polar surface area (TPSA) is 15.3 Å². The molecule has 130 valence electrons. The van der Waals surface area contributed by atoms with Gasteiger partial charge in [0.15, 0.2) is 0 Å². The van der Waals surface area contributed by atoms with Gasteiger partial charge >= 0.3 is 6.18 Å². The fraction of sp³-hybridized carbons (Fsp3) is 0.412. The van der Waals surface area contributed by atoms with Crippen LogP contribution in [0.3, 0.4) is 0 Å². The Balaban J connectivity index is 2.05. The summed E-state index contributed by atoms with van der Waals surface area (Å²) in [6.45, 7) is 3.33. The Morgan fingerprint density at radius 2 is 2.00 bits per heavy atom. The first-order valence-corrected chi connectivity index (χ1v) is 9.12. The lowest BCUT2D eigenvalue weighted by atomic mass is 9.97. The van der Waals surface area contributed by atoms with Crippen LogP contribution >= 0.6 is 22.9 Å². The molecule has 7 heteroatoms. The van der Waals surface area contributed by atoms with Crippen molar-refractivity contribution < 1.29 is 13.2 Å². The Hall–Kier alpha value is -1.08. The maximum atomic E-state index is 13.1. The molecule has 0 saturated carbocycles. The molecule has 2 nitrogen and oxygen atoms in total. The van der Waals surface area contributed by atoms with Gasteiger partial charge < -0.3 is 5.32 Å². The predicted molar refractivity (Wildman–Crippen MR) is 91.7 cm³/mol. The number of nitrogens with one attached hydrogen (secondary N) is 1. The monoisotopic (exact) mass is 374 g/mol. The summed E-state index contributed by atoms with van der Waals surface area (Å²) in [6.07, 6.45) is -3.42. The lowest BCUT2D eigenvalue weighted by Crippen LogP contribution is -2.33. The molecular formula is C17H18ClF3N2S. The summed E-state index contributed by atoms with van der Waals surface area (Å²) >= 11 is 7.85. The Kier molecular flexibility index (Phi) is 5.49. The summed E-state index contributed by atoms with van der Waals surface area (Å²) in [5.74, 6) is 0. The minimum Gasteiger partial charge on any atom is -0.315 e. The second-order valence-corrected chi connectivity index (χ2v) is 7.02. The Morgan fingerprint density at radius 3 is 2.71 bits per heavy atom. The lowest BCUT2D eigenvalue weighted by molar-refractivity contribution is -0.137. The zero-order chi connectivity index (χ0) is 17.2. The van der Waals surface area contributed by atoms with Crippen molar-refractivity contribution in [2.45, 2.75) is 18.6 Å². The molecular weight excluding hydrogens is 357 g/mol. The number of halogens is 4. The second kappa shape index (κ2) is 7.44. The molecule has 24 heavy (non-hydrogen) atoms. The molecule has 1 fully saturated rings. The van der Waals surface area contributed by atoms with E-state index < -0.39 is 11.7 Å². The van der Waals surface area contributed by atoms with Gasteiger partial charge in [-0.15, -0.1) is 0 Å². The molecule has 2 heterocycles. The summed E-state index contributed by atoms with van der Waals surface area (Å²) < 4.78 is 39.4. The summed E-state index contributed by atoms with van der Waals surface area (Å²) in [4.78, 5) is 2.21. The van der Waals surface area contributed by atoms with Crippen molar-refractivity contribution in [3.63, 3.8) is 0 Å². The largest absolute Gasteiger partial charge is 0.416 e. The molecule has 1 saturated heterocycles. The first kappa shape index (κ1) is 17.7. The van der Waals surface area contributed by atoms with Crippen LogP contribution in [0.25, 0.3) is 0 Å². The van der Waals surface area contributed by atoms with Crippen LogP contribution in [0.2, 0.25) is 5.02 Å². The molecule has 0 amide bonds. The molecule has 1 aliphatic heterocycles. The standard InChI is InChI=1S/C17H18ClF3N2S/c18-15-3-2-13(17(19,20)21)10-14(15)16(12-4-9-24-11-12)23-7-1-5-22-6-8-23/h2-4,9-11,16,22H,1,5-8H2. The third kappa shape index (κ3) is 3.94. The van der Waals surface area contributed by atoms with Crippen molar-refractivity contribution >= 4 is 22.9 Å². The highest BCUT2D eigenvalue weighted by atomic mass is 35.5. The average molecular weight is 375 g/mol. The highest BCUT2D eigenvalue weighted by Crippen LogP contribution is 2.38. The van der Waals surface area contributed by atoms with Crippen LogP contribution in [0.15, 0.2) is 35.0 Å². The van der Waals surface area contributed by atoms with Crippen LogP contribution in [-0.2, 0) is 6.18 Å². The minimum atomic E-state index is -4.38. The van der Waals surface area contributed by atoms with Gasteiger partial charge in [0, 0.05) is 24.7 Å². The number of hydrogen-bond donors (Lipinski definition) is 1. The van der Waals surface area contributed by atoms with Crippen LogP contribution in [-0.4, -0.2) is 31.1 Å². The van der Waals surface area contributed by atoms with Crippen molar-refractivity contribution in [1.82, 2.24) is 10.2 Å². The molecule has 0 radical (unpaired) electrons. The summed E-state index contributed by atoms with van der Waals surface area (Å²) in [5, 5.41) is 7.63. The van der Waals surface area contributed by atoms with Crippen LogP contribution in [0, 0.1) is 0 Å². The van der Waals surface area contributed by atoms with Crippen LogP contribution in [0.5, 0.6) is 0 Å². The molecule has 0 bridgehead atoms. The lowest BCUT2D eigenvalue weighted by Gasteiger charge is -2.31. The van der Waals surface area contributed by atoms with E-state index in [1.165, 1.54) is 23.5 Å². The zero-order valence-corrected chi connectivity index (χ0v) is 14.5. The maximum absolute atomic E-state index is 13.1. The molecule has 3 rings (SSSR count). The minimum absolute atomic E-state index is 0.258. The smallest absolute Gasteiger partial charge is 0.315 e. The number of nitrogens with zero attached hydrogens (tertiary/aromatic N) is 1. The first-order valence-electron chi connectivity index (χ1n) is 7.80. The molecule has 1 unspecified atom stereocenters. The number of hydrogen-bond acceptors (Lipinski definition) is 3. The first-order chi connectivity index (χ1) is 11.5. The van der Waals surface area contributed by atoms with Gasteiger partial charge in [0.2, 0.25) is 0 Å². The van der Waals surface area contributed by atoms with Gasteiger partial charge in [-0.1, -0.05) is 11.6 Å². The molecule has 0 spiro atoms. The summed E-state index contributed by atoms with van der Waals surface area (Å²) in [6, 6.07) is 5.30. The van der Waals surface area contributed by atoms with Gasteiger partial charge in [0.1, 0.15) is 0 Å². The molecule has 1 aromatic heterocycles. The predicted octanol–water partition coefficient (Wildman–Crippen LogP) is 4.81. The third-order valence-electron chi connectivity index (χ3n) is 4.22. The highest BCUT2D eigenvalue weighted by molar-refractivity contribution is 7.08. The van der Waals surface area contributed by atoms with E-state index >= 15 is 0 Å². The van der Waals surface area contributed by atoms with Gasteiger partial charge in [0.05, 0.1) is 11.6 Å². The summed E-state index contributed by atoms with van der Waals surface area (Å²) in [7, 11) is 0. The van der Waals surface area contributed by atoms with Gasteiger partial charge in [-0.25, -0.2) is 0 Å². The van der Waals surface area contributed by atoms with Crippen LogP contribution < -0.4 is 5.32 Å². The Bertz CT molecular complexity index is 665. The van der Waals surface area contributed by atoms with Gasteiger partial charge in [-0.05, 0) is 59.1 Å². The van der Waals surface area contributed by atoms with E-state index in [1.807, 2.05) is 16.8 Å². The Morgan fingerprint density at radius 1 is 1.17 bits per heavy atom. The summed E-state index contributed by atoms with van der Waals surface area (Å²) in [5.41, 5.74) is 0.852. The third-order valence-corrected chi connectivity index (χ3v) is 5.26. The normalized spacial score (nSPS) is 18.3. The highest BCUT2D eigenvalue weighted by Gasteiger charge is 2.33. The van der Waals surface area contributed by atoms with Crippen molar-refractivity contribution in [1.29, 1.82) is 0 Å². The van der Waals surface area contributed by atoms with Crippen LogP contribution in [0.4, 0.5) is 13.2 Å². The number of benzene rings is 1. The van der Waals surface area contributed by atoms with Gasteiger partial charge in [-0.2, -0.15) is 24.5 Å².